The second-order valence-electron chi connectivity index (χ2n) is 9.87. The Bertz CT molecular complexity index is 396. The van der Waals surface area contributed by atoms with Crippen LogP contribution >= 0.6 is 0 Å². The number of hydrogen-bond acceptors (Lipinski definition) is 4. The van der Waals surface area contributed by atoms with Crippen LogP contribution in [0.1, 0.15) is 48.0 Å². The van der Waals surface area contributed by atoms with E-state index >= 15 is 0 Å². The third kappa shape index (κ3) is 5.37. The Labute approximate surface area is 145 Å². The standard InChI is InChI=1S/C17H38O4Si2/c1-16(2,3)22(7,8)19-12-13-11-14(15(18)20-13)21-23(9,10)17(4,5)6/h13-15,18H,11-12H2,1-10H3/t13-,14+,15+/m0/s1. The van der Waals surface area contributed by atoms with Gasteiger partial charge in [-0.25, -0.2) is 0 Å². The molecule has 23 heavy (non-hydrogen) atoms. The molecule has 1 rings (SSSR count). The SMILES string of the molecule is CC(C)(C)[Si](C)(C)OC[C@@H]1C[C@@H](O[Si](C)(C)C(C)(C)C)[C@H](O)O1. The molecule has 1 N–H and O–H groups in total. The molecule has 4 nitrogen and oxygen atoms in total. The fourth-order valence-electron chi connectivity index (χ4n) is 2.00. The van der Waals surface area contributed by atoms with Gasteiger partial charge in [-0.15, -0.1) is 0 Å². The van der Waals surface area contributed by atoms with Crippen molar-refractivity contribution < 1.29 is 18.7 Å². The number of rotatable bonds is 5. The molecule has 1 fully saturated rings. The maximum atomic E-state index is 10.2. The quantitative estimate of drug-likeness (QED) is 0.731. The first-order valence-corrected chi connectivity index (χ1v) is 14.5. The Balaban J connectivity index is 2.60. The number of aliphatic hydroxyl groups is 1. The molecule has 0 saturated carbocycles. The average molecular weight is 363 g/mol. The van der Waals surface area contributed by atoms with Gasteiger partial charge in [-0.3, -0.25) is 0 Å². The summed E-state index contributed by atoms with van der Waals surface area (Å²) in [6.45, 7) is 22.7. The molecule has 138 valence electrons. The van der Waals surface area contributed by atoms with Gasteiger partial charge in [0.05, 0.1) is 18.8 Å². The van der Waals surface area contributed by atoms with E-state index in [-0.39, 0.29) is 22.3 Å². The smallest absolute Gasteiger partial charge is 0.192 e. The van der Waals surface area contributed by atoms with E-state index in [1.807, 2.05) is 0 Å². The Kier molecular flexibility index (Phi) is 6.38. The summed E-state index contributed by atoms with van der Waals surface area (Å²) in [7, 11) is -3.69. The molecular formula is C17H38O4Si2. The highest BCUT2D eigenvalue weighted by Crippen LogP contribution is 2.40. The maximum absolute atomic E-state index is 10.2. The lowest BCUT2D eigenvalue weighted by molar-refractivity contribution is -0.129. The van der Waals surface area contributed by atoms with Crippen molar-refractivity contribution in [2.24, 2.45) is 0 Å². The Hall–Kier alpha value is 0.274. The van der Waals surface area contributed by atoms with Crippen LogP contribution in [-0.4, -0.2) is 46.8 Å². The van der Waals surface area contributed by atoms with Crippen LogP contribution in [0, 0.1) is 0 Å². The number of aliphatic hydroxyl groups excluding tert-OH is 1. The average Bonchev–Trinajstić information content (AvgIpc) is 2.64. The van der Waals surface area contributed by atoms with Crippen molar-refractivity contribution in [2.75, 3.05) is 6.61 Å². The molecule has 1 heterocycles. The third-order valence-electron chi connectivity index (χ3n) is 5.83. The van der Waals surface area contributed by atoms with Gasteiger partial charge in [0.1, 0.15) is 0 Å². The molecule has 0 spiro atoms. The van der Waals surface area contributed by atoms with Crippen LogP contribution in [0.15, 0.2) is 0 Å². The van der Waals surface area contributed by atoms with E-state index in [0.717, 1.165) is 0 Å². The summed E-state index contributed by atoms with van der Waals surface area (Å²) in [5.41, 5.74) is 0. The van der Waals surface area contributed by atoms with Gasteiger partial charge in [0.15, 0.2) is 22.9 Å². The molecule has 0 aromatic carbocycles. The normalized spacial score (nSPS) is 27.5. The largest absolute Gasteiger partial charge is 0.414 e. The van der Waals surface area contributed by atoms with Crippen LogP contribution in [0.5, 0.6) is 0 Å². The molecule has 0 radical (unpaired) electrons. The molecule has 6 heteroatoms. The summed E-state index contributed by atoms with van der Waals surface area (Å²) in [5.74, 6) is 0. The lowest BCUT2D eigenvalue weighted by Crippen LogP contribution is -2.45. The van der Waals surface area contributed by atoms with Crippen molar-refractivity contribution in [1.82, 2.24) is 0 Å². The zero-order valence-electron chi connectivity index (χ0n) is 16.8. The van der Waals surface area contributed by atoms with Gasteiger partial charge in [-0.05, 0) is 36.3 Å². The topological polar surface area (TPSA) is 47.9 Å². The highest BCUT2D eigenvalue weighted by molar-refractivity contribution is 6.74. The van der Waals surface area contributed by atoms with Crippen LogP contribution in [0.4, 0.5) is 0 Å². The lowest BCUT2D eigenvalue weighted by Gasteiger charge is -2.38. The molecule has 0 bridgehead atoms. The minimum Gasteiger partial charge on any atom is -0.414 e. The van der Waals surface area contributed by atoms with Gasteiger partial charge in [-0.2, -0.15) is 0 Å². The molecular weight excluding hydrogens is 324 g/mol. The summed E-state index contributed by atoms with van der Waals surface area (Å²) in [6.07, 6.45) is -0.433. The highest BCUT2D eigenvalue weighted by Gasteiger charge is 2.45. The van der Waals surface area contributed by atoms with E-state index < -0.39 is 22.9 Å². The van der Waals surface area contributed by atoms with Gasteiger partial charge in [-0.1, -0.05) is 41.5 Å². The fraction of sp³-hybridized carbons (Fsp3) is 1.00. The molecule has 0 aromatic heterocycles. The van der Waals surface area contributed by atoms with Crippen molar-refractivity contribution >= 4 is 16.6 Å². The predicted octanol–water partition coefficient (Wildman–Crippen LogP) is 4.51. The molecule has 0 amide bonds. The van der Waals surface area contributed by atoms with Gasteiger partial charge < -0.3 is 18.7 Å². The van der Waals surface area contributed by atoms with E-state index in [4.69, 9.17) is 13.6 Å². The molecule has 0 unspecified atom stereocenters. The van der Waals surface area contributed by atoms with Crippen molar-refractivity contribution in [2.45, 2.75) is 103 Å². The predicted molar refractivity (Wildman–Crippen MR) is 101 cm³/mol. The van der Waals surface area contributed by atoms with E-state index in [1.54, 1.807) is 0 Å². The van der Waals surface area contributed by atoms with E-state index in [0.29, 0.717) is 13.0 Å². The summed E-state index contributed by atoms with van der Waals surface area (Å²) < 4.78 is 18.2. The first-order valence-electron chi connectivity index (χ1n) is 8.72. The van der Waals surface area contributed by atoms with Crippen molar-refractivity contribution in [3.63, 3.8) is 0 Å². The van der Waals surface area contributed by atoms with Crippen molar-refractivity contribution in [3.8, 4) is 0 Å². The zero-order chi connectivity index (χ0) is 18.3. The zero-order valence-corrected chi connectivity index (χ0v) is 18.8. The minimum absolute atomic E-state index is 0.0751. The third-order valence-corrected chi connectivity index (χ3v) is 14.8. The summed E-state index contributed by atoms with van der Waals surface area (Å²) >= 11 is 0. The molecule has 1 aliphatic heterocycles. The summed E-state index contributed by atoms with van der Waals surface area (Å²) in [4.78, 5) is 0. The maximum Gasteiger partial charge on any atom is 0.192 e. The molecule has 0 aliphatic carbocycles. The van der Waals surface area contributed by atoms with Gasteiger partial charge in [0, 0.05) is 6.42 Å². The lowest BCUT2D eigenvalue weighted by atomic mass is 10.2. The fourth-order valence-corrected chi connectivity index (χ4v) is 4.36. The van der Waals surface area contributed by atoms with Crippen LogP contribution in [0.2, 0.25) is 36.3 Å². The summed E-state index contributed by atoms with van der Waals surface area (Å²) in [6, 6.07) is 0. The molecule has 0 aromatic rings. The van der Waals surface area contributed by atoms with Crippen LogP contribution in [0.3, 0.4) is 0 Å². The first-order chi connectivity index (χ1) is 10.1. The van der Waals surface area contributed by atoms with Crippen LogP contribution in [0.25, 0.3) is 0 Å². The monoisotopic (exact) mass is 362 g/mol. The van der Waals surface area contributed by atoms with Gasteiger partial charge in [0.25, 0.3) is 0 Å². The van der Waals surface area contributed by atoms with Crippen LogP contribution in [-0.2, 0) is 13.6 Å². The Morgan fingerprint density at radius 2 is 1.43 bits per heavy atom. The van der Waals surface area contributed by atoms with Crippen LogP contribution < -0.4 is 0 Å². The second kappa shape index (κ2) is 6.88. The van der Waals surface area contributed by atoms with Crippen molar-refractivity contribution in [1.29, 1.82) is 0 Å². The van der Waals surface area contributed by atoms with E-state index in [1.165, 1.54) is 0 Å². The Morgan fingerprint density at radius 3 is 1.87 bits per heavy atom. The minimum atomic E-state index is -1.90. The first kappa shape index (κ1) is 21.3. The molecule has 3 atom stereocenters. The van der Waals surface area contributed by atoms with Gasteiger partial charge >= 0.3 is 0 Å². The van der Waals surface area contributed by atoms with E-state index in [9.17, 15) is 5.11 Å². The van der Waals surface area contributed by atoms with Crippen molar-refractivity contribution in [3.05, 3.63) is 0 Å². The second-order valence-corrected chi connectivity index (χ2v) is 19.4. The molecule has 1 saturated heterocycles. The van der Waals surface area contributed by atoms with Gasteiger partial charge in [0.2, 0.25) is 0 Å². The number of ether oxygens (including phenoxy) is 1. The molecule has 1 aliphatic rings. The number of hydrogen-bond donors (Lipinski definition) is 1. The summed E-state index contributed by atoms with van der Waals surface area (Å²) in [5, 5.41) is 10.5. The highest BCUT2D eigenvalue weighted by atomic mass is 28.4. The Morgan fingerprint density at radius 1 is 0.957 bits per heavy atom. The van der Waals surface area contributed by atoms with E-state index in [2.05, 4.69) is 67.7 Å².